The Bertz CT molecular complexity index is 1010. The summed E-state index contributed by atoms with van der Waals surface area (Å²) in [4.78, 5) is 9.86. The van der Waals surface area contributed by atoms with Crippen molar-refractivity contribution in [3.05, 3.63) is 47.7 Å². The molecule has 170 valence electrons. The first-order valence-corrected chi connectivity index (χ1v) is 10.5. The summed E-state index contributed by atoms with van der Waals surface area (Å²) >= 11 is 0. The van der Waals surface area contributed by atoms with E-state index in [2.05, 4.69) is 18.0 Å². The number of halogens is 3. The van der Waals surface area contributed by atoms with Crippen LogP contribution in [0.3, 0.4) is 0 Å². The van der Waals surface area contributed by atoms with E-state index in [9.17, 15) is 18.4 Å². The first kappa shape index (κ1) is 22.2. The van der Waals surface area contributed by atoms with Crippen LogP contribution in [0.25, 0.3) is 0 Å². The molecular formula is C23H24F3N3O3. The van der Waals surface area contributed by atoms with E-state index in [-0.39, 0.29) is 23.6 Å². The molecule has 2 bridgehead atoms. The fraction of sp³-hybridized carbons (Fsp3) is 0.478. The van der Waals surface area contributed by atoms with Crippen LogP contribution in [0.4, 0.5) is 13.2 Å². The topological polar surface area (TPSA) is 67.6 Å². The number of nitriles is 1. The monoisotopic (exact) mass is 447 g/mol. The third-order valence-electron chi connectivity index (χ3n) is 6.18. The highest BCUT2D eigenvalue weighted by Gasteiger charge is 2.49. The number of pyridine rings is 1. The van der Waals surface area contributed by atoms with E-state index in [1.54, 1.807) is 25.3 Å². The maximum atomic E-state index is 12.8. The molecule has 0 saturated carbocycles. The standard InChI is InChI=1S/C23H24F3N3O3/c1-22-9-3-4-17(29(22)32-21-8-5-16(14-28-21)23(24,25)26)11-19(12-22)31-20-7-6-18(30-2)10-15(20)13-27/h5-8,10,14,17,19H,3-4,9,11-12H2,1-2H3/t17-,19+,22?/m0/s1. The Hall–Kier alpha value is -2.99. The highest BCUT2D eigenvalue weighted by molar-refractivity contribution is 5.47. The number of nitrogens with zero attached hydrogens (tertiary/aromatic N) is 3. The fourth-order valence-electron chi connectivity index (χ4n) is 4.65. The van der Waals surface area contributed by atoms with Gasteiger partial charge >= 0.3 is 6.18 Å². The Kier molecular flexibility index (Phi) is 5.91. The minimum atomic E-state index is -4.44. The Morgan fingerprint density at radius 1 is 1.25 bits per heavy atom. The van der Waals surface area contributed by atoms with Crippen molar-refractivity contribution in [1.29, 1.82) is 5.26 Å². The smallest absolute Gasteiger partial charge is 0.417 e. The minimum absolute atomic E-state index is 0.0281. The Labute approximate surface area is 184 Å². The van der Waals surface area contributed by atoms with E-state index >= 15 is 0 Å². The fourth-order valence-corrected chi connectivity index (χ4v) is 4.65. The van der Waals surface area contributed by atoms with Gasteiger partial charge in [0.25, 0.3) is 0 Å². The molecule has 2 fully saturated rings. The number of aromatic nitrogens is 1. The van der Waals surface area contributed by atoms with E-state index in [0.717, 1.165) is 31.5 Å². The number of alkyl halides is 3. The molecule has 0 spiro atoms. The molecule has 0 N–H and O–H groups in total. The first-order chi connectivity index (χ1) is 15.2. The lowest BCUT2D eigenvalue weighted by atomic mass is 9.76. The molecule has 2 aliphatic rings. The summed E-state index contributed by atoms with van der Waals surface area (Å²) < 4.78 is 49.8. The summed E-state index contributed by atoms with van der Waals surface area (Å²) in [6.45, 7) is 2.07. The van der Waals surface area contributed by atoms with Gasteiger partial charge in [0, 0.05) is 31.2 Å². The molecule has 1 aromatic heterocycles. The van der Waals surface area contributed by atoms with Crippen LogP contribution in [-0.2, 0) is 6.18 Å². The average molecular weight is 447 g/mol. The molecule has 1 unspecified atom stereocenters. The molecule has 3 atom stereocenters. The van der Waals surface area contributed by atoms with Gasteiger partial charge in [-0.3, -0.25) is 0 Å². The highest BCUT2D eigenvalue weighted by Crippen LogP contribution is 2.43. The van der Waals surface area contributed by atoms with Gasteiger partial charge in [-0.1, -0.05) is 0 Å². The van der Waals surface area contributed by atoms with Gasteiger partial charge in [-0.25, -0.2) is 4.98 Å². The summed E-state index contributed by atoms with van der Waals surface area (Å²) in [6.07, 6.45) is 0.325. The summed E-state index contributed by atoms with van der Waals surface area (Å²) in [6, 6.07) is 9.55. The number of rotatable bonds is 5. The van der Waals surface area contributed by atoms with Gasteiger partial charge < -0.3 is 14.3 Å². The van der Waals surface area contributed by atoms with Crippen molar-refractivity contribution in [3.63, 3.8) is 0 Å². The van der Waals surface area contributed by atoms with Gasteiger partial charge in [-0.05, 0) is 44.4 Å². The molecule has 6 nitrogen and oxygen atoms in total. The quantitative estimate of drug-likeness (QED) is 0.633. The van der Waals surface area contributed by atoms with E-state index in [1.807, 2.05) is 5.06 Å². The summed E-state index contributed by atoms with van der Waals surface area (Å²) in [5.74, 6) is 1.24. The number of benzene rings is 1. The van der Waals surface area contributed by atoms with Crippen molar-refractivity contribution < 1.29 is 27.5 Å². The van der Waals surface area contributed by atoms with Crippen molar-refractivity contribution in [2.45, 2.75) is 62.9 Å². The number of piperidine rings is 2. The van der Waals surface area contributed by atoms with Crippen molar-refractivity contribution in [1.82, 2.24) is 10.0 Å². The predicted molar refractivity (Wildman–Crippen MR) is 109 cm³/mol. The number of hydroxylamine groups is 2. The highest BCUT2D eigenvalue weighted by atomic mass is 19.4. The van der Waals surface area contributed by atoms with E-state index < -0.39 is 11.7 Å². The number of ether oxygens (including phenoxy) is 2. The predicted octanol–water partition coefficient (Wildman–Crippen LogP) is 5.13. The molecule has 0 radical (unpaired) electrons. The zero-order valence-electron chi connectivity index (χ0n) is 17.9. The normalized spacial score (nSPS) is 25.6. The lowest BCUT2D eigenvalue weighted by molar-refractivity contribution is -0.226. The molecule has 0 aliphatic carbocycles. The Morgan fingerprint density at radius 3 is 2.69 bits per heavy atom. The van der Waals surface area contributed by atoms with Crippen molar-refractivity contribution in [3.8, 4) is 23.4 Å². The third kappa shape index (κ3) is 4.46. The maximum Gasteiger partial charge on any atom is 0.417 e. The lowest BCUT2D eigenvalue weighted by Gasteiger charge is -2.53. The zero-order valence-corrected chi connectivity index (χ0v) is 17.9. The Morgan fingerprint density at radius 2 is 2.06 bits per heavy atom. The van der Waals surface area contributed by atoms with Gasteiger partial charge in [0.15, 0.2) is 0 Å². The van der Waals surface area contributed by atoms with Gasteiger partial charge in [0.1, 0.15) is 23.7 Å². The van der Waals surface area contributed by atoms with Crippen LogP contribution >= 0.6 is 0 Å². The van der Waals surface area contributed by atoms with Crippen molar-refractivity contribution >= 4 is 0 Å². The largest absolute Gasteiger partial charge is 0.497 e. The minimum Gasteiger partial charge on any atom is -0.497 e. The molecule has 32 heavy (non-hydrogen) atoms. The van der Waals surface area contributed by atoms with Crippen molar-refractivity contribution in [2.24, 2.45) is 0 Å². The molecule has 0 amide bonds. The number of hydrogen-bond acceptors (Lipinski definition) is 6. The molecule has 3 heterocycles. The second-order valence-electron chi connectivity index (χ2n) is 8.50. The van der Waals surface area contributed by atoms with Crippen LogP contribution in [-0.4, -0.2) is 34.8 Å². The average Bonchev–Trinajstić information content (AvgIpc) is 2.75. The third-order valence-corrected chi connectivity index (χ3v) is 6.18. The second-order valence-corrected chi connectivity index (χ2v) is 8.50. The molecule has 1 aromatic carbocycles. The maximum absolute atomic E-state index is 12.8. The summed E-state index contributed by atoms with van der Waals surface area (Å²) in [5, 5.41) is 11.3. The van der Waals surface area contributed by atoms with Crippen LogP contribution in [0.1, 0.15) is 50.2 Å². The first-order valence-electron chi connectivity index (χ1n) is 10.5. The van der Waals surface area contributed by atoms with Gasteiger partial charge in [0.05, 0.1) is 29.8 Å². The Balaban J connectivity index is 1.49. The number of fused-ring (bicyclic) bond motifs is 2. The van der Waals surface area contributed by atoms with Crippen LogP contribution in [0.2, 0.25) is 0 Å². The molecular weight excluding hydrogens is 423 g/mol. The van der Waals surface area contributed by atoms with Crippen LogP contribution in [0.5, 0.6) is 17.4 Å². The van der Waals surface area contributed by atoms with Crippen LogP contribution < -0.4 is 14.3 Å². The summed E-state index contributed by atoms with van der Waals surface area (Å²) in [5.41, 5.74) is -0.765. The van der Waals surface area contributed by atoms with E-state index in [1.165, 1.54) is 6.07 Å². The molecule has 2 saturated heterocycles. The van der Waals surface area contributed by atoms with Crippen LogP contribution in [0, 0.1) is 11.3 Å². The number of methoxy groups -OCH3 is 1. The van der Waals surface area contributed by atoms with Gasteiger partial charge in [0.2, 0.25) is 5.88 Å². The molecule has 2 aromatic rings. The summed E-state index contributed by atoms with van der Waals surface area (Å²) in [7, 11) is 1.54. The van der Waals surface area contributed by atoms with Gasteiger partial charge in [-0.2, -0.15) is 18.4 Å². The van der Waals surface area contributed by atoms with Crippen LogP contribution in [0.15, 0.2) is 36.5 Å². The molecule has 4 rings (SSSR count). The molecule has 2 aliphatic heterocycles. The second kappa shape index (κ2) is 8.51. The van der Waals surface area contributed by atoms with E-state index in [0.29, 0.717) is 29.9 Å². The SMILES string of the molecule is COc1ccc(O[C@@H]2C[C@@H]3CCCC(C)(C2)N3Oc2ccc(C(F)(F)F)cn2)c(C#N)c1. The molecule has 9 heteroatoms. The lowest BCUT2D eigenvalue weighted by Crippen LogP contribution is -2.62. The van der Waals surface area contributed by atoms with E-state index in [4.69, 9.17) is 14.3 Å². The van der Waals surface area contributed by atoms with Crippen molar-refractivity contribution in [2.75, 3.05) is 7.11 Å². The zero-order chi connectivity index (χ0) is 22.9. The van der Waals surface area contributed by atoms with Gasteiger partial charge in [-0.15, -0.1) is 5.06 Å². The number of hydrogen-bond donors (Lipinski definition) is 0.